The molecule has 2 amide bonds. The Labute approximate surface area is 168 Å². The van der Waals surface area contributed by atoms with Crippen molar-refractivity contribution in [1.82, 2.24) is 20.5 Å². The number of para-hydroxylation sites is 2. The zero-order valence-corrected chi connectivity index (χ0v) is 16.4. The number of carbonyl (C=O) groups excluding carboxylic acids is 2. The second-order valence-corrected chi connectivity index (χ2v) is 6.16. The van der Waals surface area contributed by atoms with Gasteiger partial charge in [0.15, 0.2) is 5.82 Å². The molecule has 0 atom stereocenters. The molecular formula is C21H23N5O3. The zero-order chi connectivity index (χ0) is 20.6. The molecule has 29 heavy (non-hydrogen) atoms. The van der Waals surface area contributed by atoms with Crippen molar-refractivity contribution in [2.75, 3.05) is 18.5 Å². The molecule has 3 N–H and O–H groups in total. The van der Waals surface area contributed by atoms with E-state index >= 15 is 0 Å². The number of hydrogen-bond acceptors (Lipinski definition) is 5. The molecule has 0 unspecified atom stereocenters. The summed E-state index contributed by atoms with van der Waals surface area (Å²) in [6.45, 7) is 4.09. The van der Waals surface area contributed by atoms with Crippen LogP contribution in [0.15, 0.2) is 48.5 Å². The van der Waals surface area contributed by atoms with Crippen molar-refractivity contribution in [3.8, 4) is 17.1 Å². The number of H-pyrrole nitrogens is 1. The Morgan fingerprint density at radius 1 is 1.07 bits per heavy atom. The molecule has 3 aromatic rings. The monoisotopic (exact) mass is 393 g/mol. The smallest absolute Gasteiger partial charge is 0.255 e. The molecule has 0 aliphatic rings. The lowest BCUT2D eigenvalue weighted by Crippen LogP contribution is -2.33. The Morgan fingerprint density at radius 2 is 1.83 bits per heavy atom. The Morgan fingerprint density at radius 3 is 2.59 bits per heavy atom. The van der Waals surface area contributed by atoms with Gasteiger partial charge in [-0.1, -0.05) is 31.2 Å². The summed E-state index contributed by atoms with van der Waals surface area (Å²) in [7, 11) is 0. The summed E-state index contributed by atoms with van der Waals surface area (Å²) in [5.74, 6) is 1.02. The first-order chi connectivity index (χ1) is 14.1. The van der Waals surface area contributed by atoms with E-state index < -0.39 is 0 Å². The summed E-state index contributed by atoms with van der Waals surface area (Å²) in [6, 6.07) is 14.2. The Kier molecular flexibility index (Phi) is 6.57. The summed E-state index contributed by atoms with van der Waals surface area (Å²) in [5, 5.41) is 12.5. The summed E-state index contributed by atoms with van der Waals surface area (Å²) >= 11 is 0. The van der Waals surface area contributed by atoms with Crippen LogP contribution in [0.4, 0.5) is 5.69 Å². The maximum atomic E-state index is 12.4. The summed E-state index contributed by atoms with van der Waals surface area (Å²) in [5.41, 5.74) is 1.66. The molecule has 3 rings (SSSR count). The Balaban J connectivity index is 1.65. The van der Waals surface area contributed by atoms with Gasteiger partial charge in [0.25, 0.3) is 5.91 Å². The highest BCUT2D eigenvalue weighted by Crippen LogP contribution is 2.24. The quantitative estimate of drug-likeness (QED) is 0.545. The van der Waals surface area contributed by atoms with Crippen LogP contribution >= 0.6 is 0 Å². The number of benzene rings is 2. The molecule has 0 aliphatic carbocycles. The van der Waals surface area contributed by atoms with Gasteiger partial charge in [0, 0.05) is 12.0 Å². The average molecular weight is 393 g/mol. The molecule has 0 saturated carbocycles. The number of carbonyl (C=O) groups is 2. The lowest BCUT2D eigenvalue weighted by atomic mass is 10.1. The molecule has 0 spiro atoms. The second-order valence-electron chi connectivity index (χ2n) is 6.16. The number of ether oxygens (including phenoxy) is 1. The number of rotatable bonds is 8. The van der Waals surface area contributed by atoms with E-state index in [4.69, 9.17) is 4.74 Å². The minimum Gasteiger partial charge on any atom is -0.493 e. The third-order valence-electron chi connectivity index (χ3n) is 4.15. The maximum Gasteiger partial charge on any atom is 0.255 e. The molecule has 8 heteroatoms. The molecule has 0 aliphatic heterocycles. The van der Waals surface area contributed by atoms with Crippen molar-refractivity contribution in [3.05, 3.63) is 59.9 Å². The van der Waals surface area contributed by atoms with Crippen LogP contribution in [0.5, 0.6) is 5.75 Å². The van der Waals surface area contributed by atoms with Crippen LogP contribution in [0.1, 0.15) is 30.0 Å². The molecule has 0 radical (unpaired) electrons. The van der Waals surface area contributed by atoms with E-state index in [1.54, 1.807) is 30.3 Å². The van der Waals surface area contributed by atoms with Crippen molar-refractivity contribution in [2.45, 2.75) is 20.3 Å². The standard InChI is InChI=1S/C21H23N5O3/c1-3-18-24-20(26-25-18)14-9-5-7-11-16(14)23-19(27)13-22-21(28)15-10-6-8-12-17(15)29-4-2/h5-12H,3-4,13H2,1-2H3,(H,22,28)(H,23,27)(H,24,25,26). The largest absolute Gasteiger partial charge is 0.493 e. The topological polar surface area (TPSA) is 109 Å². The van der Waals surface area contributed by atoms with Crippen LogP contribution in [0.25, 0.3) is 11.4 Å². The molecule has 150 valence electrons. The second kappa shape index (κ2) is 9.50. The van der Waals surface area contributed by atoms with Crippen LogP contribution in [-0.4, -0.2) is 40.1 Å². The van der Waals surface area contributed by atoms with Gasteiger partial charge in [-0.15, -0.1) is 0 Å². The fraction of sp³-hybridized carbons (Fsp3) is 0.238. The molecule has 2 aromatic carbocycles. The SMILES string of the molecule is CCOc1ccccc1C(=O)NCC(=O)Nc1ccccc1-c1n[nH]c(CC)n1. The lowest BCUT2D eigenvalue weighted by Gasteiger charge is -2.11. The number of aromatic nitrogens is 3. The first kappa shape index (κ1) is 20.1. The van der Waals surface area contributed by atoms with Gasteiger partial charge in [-0.2, -0.15) is 5.10 Å². The lowest BCUT2D eigenvalue weighted by molar-refractivity contribution is -0.115. The molecular weight excluding hydrogens is 370 g/mol. The first-order valence-electron chi connectivity index (χ1n) is 9.43. The Hall–Kier alpha value is -3.68. The molecule has 1 aromatic heterocycles. The van der Waals surface area contributed by atoms with Gasteiger partial charge in [0.2, 0.25) is 5.91 Å². The molecule has 1 heterocycles. The maximum absolute atomic E-state index is 12.4. The zero-order valence-electron chi connectivity index (χ0n) is 16.4. The van der Waals surface area contributed by atoms with E-state index in [1.165, 1.54) is 0 Å². The van der Waals surface area contributed by atoms with E-state index in [-0.39, 0.29) is 18.4 Å². The van der Waals surface area contributed by atoms with Crippen molar-refractivity contribution in [3.63, 3.8) is 0 Å². The van der Waals surface area contributed by atoms with Gasteiger partial charge in [-0.05, 0) is 31.2 Å². The highest BCUT2D eigenvalue weighted by atomic mass is 16.5. The number of hydrogen-bond donors (Lipinski definition) is 3. The normalized spacial score (nSPS) is 10.4. The van der Waals surface area contributed by atoms with Crippen LogP contribution in [0.2, 0.25) is 0 Å². The third-order valence-corrected chi connectivity index (χ3v) is 4.15. The molecule has 0 bridgehead atoms. The van der Waals surface area contributed by atoms with Crippen molar-refractivity contribution >= 4 is 17.5 Å². The molecule has 8 nitrogen and oxygen atoms in total. The van der Waals surface area contributed by atoms with Gasteiger partial charge >= 0.3 is 0 Å². The van der Waals surface area contributed by atoms with Gasteiger partial charge in [-0.25, -0.2) is 4.98 Å². The highest BCUT2D eigenvalue weighted by molar-refractivity contribution is 6.01. The van der Waals surface area contributed by atoms with E-state index in [0.717, 1.165) is 12.2 Å². The van der Waals surface area contributed by atoms with E-state index in [9.17, 15) is 9.59 Å². The van der Waals surface area contributed by atoms with Crippen molar-refractivity contribution < 1.29 is 14.3 Å². The van der Waals surface area contributed by atoms with E-state index in [0.29, 0.717) is 35.0 Å². The van der Waals surface area contributed by atoms with Gasteiger partial charge in [0.1, 0.15) is 11.6 Å². The number of aryl methyl sites for hydroxylation is 1. The third kappa shape index (κ3) is 4.98. The highest BCUT2D eigenvalue weighted by Gasteiger charge is 2.15. The van der Waals surface area contributed by atoms with E-state index in [1.807, 2.05) is 32.0 Å². The molecule has 0 saturated heterocycles. The average Bonchev–Trinajstić information content (AvgIpc) is 3.22. The number of amides is 2. The van der Waals surface area contributed by atoms with Crippen LogP contribution in [0.3, 0.4) is 0 Å². The van der Waals surface area contributed by atoms with E-state index in [2.05, 4.69) is 25.8 Å². The summed E-state index contributed by atoms with van der Waals surface area (Å²) in [6.07, 6.45) is 0.733. The summed E-state index contributed by atoms with van der Waals surface area (Å²) in [4.78, 5) is 29.2. The number of anilines is 1. The minimum absolute atomic E-state index is 0.179. The number of nitrogens with one attached hydrogen (secondary N) is 3. The van der Waals surface area contributed by atoms with Crippen LogP contribution < -0.4 is 15.4 Å². The molecule has 0 fully saturated rings. The number of nitrogens with zero attached hydrogens (tertiary/aromatic N) is 2. The fourth-order valence-corrected chi connectivity index (χ4v) is 2.75. The van der Waals surface area contributed by atoms with Gasteiger partial charge < -0.3 is 15.4 Å². The number of aromatic amines is 1. The predicted molar refractivity (Wildman–Crippen MR) is 110 cm³/mol. The van der Waals surface area contributed by atoms with Crippen LogP contribution in [0, 0.1) is 0 Å². The van der Waals surface area contributed by atoms with Crippen LogP contribution in [-0.2, 0) is 11.2 Å². The van der Waals surface area contributed by atoms with Crippen molar-refractivity contribution in [1.29, 1.82) is 0 Å². The Bertz CT molecular complexity index is 999. The van der Waals surface area contributed by atoms with Gasteiger partial charge in [-0.3, -0.25) is 14.7 Å². The first-order valence-corrected chi connectivity index (χ1v) is 9.43. The van der Waals surface area contributed by atoms with Crippen molar-refractivity contribution in [2.24, 2.45) is 0 Å². The summed E-state index contributed by atoms with van der Waals surface area (Å²) < 4.78 is 5.46. The minimum atomic E-state index is -0.376. The fourth-order valence-electron chi connectivity index (χ4n) is 2.75. The van der Waals surface area contributed by atoms with Gasteiger partial charge in [0.05, 0.1) is 24.4 Å². The predicted octanol–water partition coefficient (Wildman–Crippen LogP) is 2.80.